The lowest BCUT2D eigenvalue weighted by Crippen LogP contribution is -2.12. The van der Waals surface area contributed by atoms with Gasteiger partial charge in [-0.2, -0.15) is 4.98 Å². The Morgan fingerprint density at radius 1 is 1.29 bits per heavy atom. The van der Waals surface area contributed by atoms with Crippen molar-refractivity contribution in [2.45, 2.75) is 0 Å². The van der Waals surface area contributed by atoms with Gasteiger partial charge in [0.25, 0.3) is 5.69 Å². The predicted octanol–water partition coefficient (Wildman–Crippen LogP) is 1.94. The topological polar surface area (TPSA) is 40.2 Å². The molecule has 0 amide bonds. The number of rotatable bonds is 0. The lowest BCUT2D eigenvalue weighted by atomic mass is 10.2. The number of nitrogens with two attached hydrogens (primary N) is 1. The van der Waals surface area contributed by atoms with Gasteiger partial charge in [-0.1, -0.05) is 12.1 Å². The summed E-state index contributed by atoms with van der Waals surface area (Å²) in [4.78, 5) is 5.81. The van der Waals surface area contributed by atoms with Crippen molar-refractivity contribution in [2.75, 3.05) is 5.73 Å². The molecule has 14 heavy (non-hydrogen) atoms. The molecular formula is C11H8BrN2+. The largest absolute Gasteiger partial charge is 0.393 e. The van der Waals surface area contributed by atoms with Crippen LogP contribution in [0.2, 0.25) is 0 Å². The number of pyridine rings is 1. The van der Waals surface area contributed by atoms with Crippen molar-refractivity contribution in [1.29, 1.82) is 0 Å². The van der Waals surface area contributed by atoms with E-state index < -0.39 is 0 Å². The summed E-state index contributed by atoms with van der Waals surface area (Å²) in [5, 5.41) is 1.09. The van der Waals surface area contributed by atoms with Crippen LogP contribution in [0.5, 0.6) is 0 Å². The minimum Gasteiger partial charge on any atom is -0.393 e. The van der Waals surface area contributed by atoms with Gasteiger partial charge in [0.2, 0.25) is 5.52 Å². The molecule has 3 N–H and O–H groups in total. The number of hydrogen-bond donors (Lipinski definition) is 1. The zero-order valence-corrected chi connectivity index (χ0v) is 8.93. The number of benzene rings is 1. The van der Waals surface area contributed by atoms with E-state index in [-0.39, 0.29) is 0 Å². The number of aromatic amines is 1. The molecule has 0 saturated carbocycles. The third-order valence-corrected chi connectivity index (χ3v) is 2.19. The van der Waals surface area contributed by atoms with Gasteiger partial charge in [0.1, 0.15) is 5.69 Å². The summed E-state index contributed by atoms with van der Waals surface area (Å²) in [7, 11) is 0. The lowest BCUT2D eigenvalue weighted by Gasteiger charge is -1.94. The van der Waals surface area contributed by atoms with Crippen LogP contribution in [-0.4, -0.2) is 0 Å². The molecule has 1 aromatic heterocycles. The molecule has 0 saturated heterocycles. The first-order valence-electron chi connectivity index (χ1n) is 4.13. The highest BCUT2D eigenvalue weighted by atomic mass is 79.9. The van der Waals surface area contributed by atoms with E-state index >= 15 is 0 Å². The fourth-order valence-electron chi connectivity index (χ4n) is 1.33. The molecule has 3 heteroatoms. The summed E-state index contributed by atoms with van der Waals surface area (Å²) in [6.07, 6.45) is 0. The van der Waals surface area contributed by atoms with Gasteiger partial charge < -0.3 is 5.73 Å². The lowest BCUT2D eigenvalue weighted by molar-refractivity contribution is -0.347. The van der Waals surface area contributed by atoms with Gasteiger partial charge in [-0.3, -0.25) is 0 Å². The maximum absolute atomic E-state index is 5.82. The van der Waals surface area contributed by atoms with E-state index in [1.54, 1.807) is 0 Å². The Bertz CT molecular complexity index is 538. The molecule has 0 aliphatic rings. The Hall–Kier alpha value is -1.53. The van der Waals surface area contributed by atoms with Crippen molar-refractivity contribution in [1.82, 2.24) is 0 Å². The van der Waals surface area contributed by atoms with Crippen LogP contribution in [0.15, 0.2) is 30.3 Å². The Morgan fingerprint density at radius 2 is 2.07 bits per heavy atom. The fraction of sp³-hybridized carbons (Fsp3) is 0. The number of aromatic nitrogens is 1. The fourth-order valence-corrected chi connectivity index (χ4v) is 1.53. The van der Waals surface area contributed by atoms with Crippen LogP contribution in [0.3, 0.4) is 0 Å². The monoisotopic (exact) mass is 247 g/mol. The average molecular weight is 248 g/mol. The quantitative estimate of drug-likeness (QED) is 0.711. The first kappa shape index (κ1) is 9.04. The standard InChI is InChI=1S/C11H7BrN2/c12-6-5-11-9(13)7-8-3-1-2-4-10(8)14-11/h1-4,7H,13H2/p+1. The van der Waals surface area contributed by atoms with Crippen LogP contribution in [-0.2, 0) is 0 Å². The maximum atomic E-state index is 5.82. The first-order valence-corrected chi connectivity index (χ1v) is 4.93. The molecule has 2 nitrogen and oxygen atoms in total. The van der Waals surface area contributed by atoms with Crippen LogP contribution in [0.4, 0.5) is 5.69 Å². The average Bonchev–Trinajstić information content (AvgIpc) is 2.19. The number of fused-ring (bicyclic) bond motifs is 1. The highest BCUT2D eigenvalue weighted by molar-refractivity contribution is 9.12. The summed E-state index contributed by atoms with van der Waals surface area (Å²) < 4.78 is 0. The van der Waals surface area contributed by atoms with Gasteiger partial charge in [-0.15, -0.1) is 0 Å². The van der Waals surface area contributed by atoms with Crippen LogP contribution in [0.1, 0.15) is 5.69 Å². The number of para-hydroxylation sites is 1. The number of nitrogens with one attached hydrogen (secondary N) is 1. The van der Waals surface area contributed by atoms with E-state index in [4.69, 9.17) is 5.73 Å². The van der Waals surface area contributed by atoms with Crippen molar-refractivity contribution in [2.24, 2.45) is 0 Å². The molecule has 0 atom stereocenters. The summed E-state index contributed by atoms with van der Waals surface area (Å²) in [5.74, 6) is 2.85. The van der Waals surface area contributed by atoms with Crippen LogP contribution in [0.25, 0.3) is 10.9 Å². The van der Waals surface area contributed by atoms with E-state index in [1.165, 1.54) is 0 Å². The summed E-state index contributed by atoms with van der Waals surface area (Å²) in [6.45, 7) is 0. The van der Waals surface area contributed by atoms with Crippen molar-refractivity contribution in [3.8, 4) is 10.8 Å². The van der Waals surface area contributed by atoms with Crippen LogP contribution < -0.4 is 10.7 Å². The number of halogens is 1. The van der Waals surface area contributed by atoms with E-state index in [2.05, 4.69) is 31.7 Å². The Morgan fingerprint density at radius 3 is 2.86 bits per heavy atom. The van der Waals surface area contributed by atoms with Crippen molar-refractivity contribution in [3.63, 3.8) is 0 Å². The predicted molar refractivity (Wildman–Crippen MR) is 60.7 cm³/mol. The van der Waals surface area contributed by atoms with Gasteiger partial charge in [0, 0.05) is 33.3 Å². The molecule has 68 valence electrons. The molecule has 2 rings (SSSR count). The van der Waals surface area contributed by atoms with Crippen molar-refractivity contribution in [3.05, 3.63) is 36.0 Å². The second-order valence-corrected chi connectivity index (χ2v) is 3.30. The number of anilines is 1. The maximum Gasteiger partial charge on any atom is 0.279 e. The van der Waals surface area contributed by atoms with Crippen LogP contribution in [0, 0.1) is 10.8 Å². The molecule has 2 aromatic rings. The van der Waals surface area contributed by atoms with Gasteiger partial charge in [0.05, 0.1) is 0 Å². The number of hydrogen-bond acceptors (Lipinski definition) is 1. The van der Waals surface area contributed by atoms with Crippen molar-refractivity contribution >= 4 is 32.5 Å². The Balaban J connectivity index is 2.75. The smallest absolute Gasteiger partial charge is 0.279 e. The van der Waals surface area contributed by atoms with E-state index in [1.807, 2.05) is 30.3 Å². The molecular weight excluding hydrogens is 240 g/mol. The second-order valence-electron chi connectivity index (χ2n) is 2.91. The molecule has 0 aliphatic carbocycles. The third kappa shape index (κ3) is 1.57. The van der Waals surface area contributed by atoms with Crippen molar-refractivity contribution < 1.29 is 4.98 Å². The summed E-state index contributed by atoms with van der Waals surface area (Å²) in [5.41, 5.74) is 8.25. The Kier molecular flexibility index (Phi) is 2.38. The molecule has 0 radical (unpaired) electrons. The molecule has 1 heterocycles. The molecule has 1 aromatic carbocycles. The number of H-pyrrole nitrogens is 1. The van der Waals surface area contributed by atoms with Crippen LogP contribution >= 0.6 is 15.9 Å². The Labute approximate surface area is 90.3 Å². The number of nitrogen functional groups attached to an aromatic ring is 1. The summed E-state index contributed by atoms with van der Waals surface area (Å²) >= 11 is 3.05. The molecule has 0 fully saturated rings. The molecule has 0 bridgehead atoms. The SMILES string of the molecule is Nc1cc2ccccc2[nH+]c1C#CBr. The van der Waals surface area contributed by atoms with Gasteiger partial charge >= 0.3 is 0 Å². The molecule has 0 unspecified atom stereocenters. The minimum atomic E-state index is 0.663. The van der Waals surface area contributed by atoms with Gasteiger partial charge in [-0.25, -0.2) is 0 Å². The molecule has 0 spiro atoms. The highest BCUT2D eigenvalue weighted by Crippen LogP contribution is 2.13. The van der Waals surface area contributed by atoms with E-state index in [0.717, 1.165) is 16.6 Å². The zero-order valence-electron chi connectivity index (χ0n) is 7.34. The minimum absolute atomic E-state index is 0.663. The zero-order chi connectivity index (χ0) is 9.97. The van der Waals surface area contributed by atoms with Gasteiger partial charge in [-0.05, 0) is 17.0 Å². The first-order chi connectivity index (χ1) is 6.81. The van der Waals surface area contributed by atoms with Gasteiger partial charge in [0.15, 0.2) is 0 Å². The normalized spacial score (nSPS) is 9.50. The molecule has 0 aliphatic heterocycles. The van der Waals surface area contributed by atoms with E-state index in [0.29, 0.717) is 5.69 Å². The second kappa shape index (κ2) is 3.69. The van der Waals surface area contributed by atoms with E-state index in [9.17, 15) is 0 Å². The summed E-state index contributed by atoms with van der Waals surface area (Å²) in [6, 6.07) is 9.87. The highest BCUT2D eigenvalue weighted by Gasteiger charge is 2.07. The third-order valence-electron chi connectivity index (χ3n) is 1.99.